The summed E-state index contributed by atoms with van der Waals surface area (Å²) >= 11 is 5.95. The number of nitrogens with zero attached hydrogens (tertiary/aromatic N) is 1. The number of nitrogens with one attached hydrogen (secondary N) is 1. The van der Waals surface area contributed by atoms with Crippen molar-refractivity contribution in [2.75, 3.05) is 11.1 Å². The molecule has 1 heterocycles. The molecule has 0 aliphatic rings. The van der Waals surface area contributed by atoms with Crippen molar-refractivity contribution >= 4 is 29.0 Å². The van der Waals surface area contributed by atoms with Crippen LogP contribution in [-0.4, -0.2) is 10.9 Å². The second-order valence-electron chi connectivity index (χ2n) is 3.87. The molecular weight excluding hydrogens is 250 g/mol. The first-order valence-corrected chi connectivity index (χ1v) is 5.73. The number of aromatic nitrogens is 1. The second kappa shape index (κ2) is 5.06. The standard InChI is InChI=1S/C13H12ClN3O/c1-8-6-9(15)7-16-12(8)17-13(18)10-4-2-3-5-11(10)14/h2-7H,15H2,1H3,(H,16,17,18). The van der Waals surface area contributed by atoms with Crippen LogP contribution in [0, 0.1) is 6.92 Å². The molecule has 18 heavy (non-hydrogen) atoms. The van der Waals surface area contributed by atoms with Gasteiger partial charge in [-0.05, 0) is 30.7 Å². The van der Waals surface area contributed by atoms with Crippen LogP contribution in [0.1, 0.15) is 15.9 Å². The maximum absolute atomic E-state index is 12.0. The number of aryl methyl sites for hydroxylation is 1. The van der Waals surface area contributed by atoms with E-state index < -0.39 is 0 Å². The second-order valence-corrected chi connectivity index (χ2v) is 4.28. The van der Waals surface area contributed by atoms with Crippen LogP contribution in [0.3, 0.4) is 0 Å². The molecule has 0 atom stereocenters. The van der Waals surface area contributed by atoms with E-state index in [2.05, 4.69) is 10.3 Å². The van der Waals surface area contributed by atoms with Gasteiger partial charge in [0.15, 0.2) is 0 Å². The molecule has 1 amide bonds. The maximum Gasteiger partial charge on any atom is 0.258 e. The third-order valence-electron chi connectivity index (χ3n) is 2.45. The number of hydrogen-bond donors (Lipinski definition) is 2. The highest BCUT2D eigenvalue weighted by molar-refractivity contribution is 6.34. The summed E-state index contributed by atoms with van der Waals surface area (Å²) in [5, 5.41) is 3.11. The highest BCUT2D eigenvalue weighted by atomic mass is 35.5. The van der Waals surface area contributed by atoms with Gasteiger partial charge in [0.25, 0.3) is 5.91 Å². The molecule has 0 aliphatic carbocycles. The number of rotatable bonds is 2. The summed E-state index contributed by atoms with van der Waals surface area (Å²) < 4.78 is 0. The monoisotopic (exact) mass is 261 g/mol. The van der Waals surface area contributed by atoms with E-state index in [1.165, 1.54) is 6.20 Å². The van der Waals surface area contributed by atoms with Crippen LogP contribution in [0.2, 0.25) is 5.02 Å². The number of halogens is 1. The number of anilines is 2. The number of nitrogens with two attached hydrogens (primary N) is 1. The van der Waals surface area contributed by atoms with Crippen molar-refractivity contribution in [3.05, 3.63) is 52.7 Å². The van der Waals surface area contributed by atoms with Crippen LogP contribution in [0.5, 0.6) is 0 Å². The fraction of sp³-hybridized carbons (Fsp3) is 0.0769. The van der Waals surface area contributed by atoms with Crippen molar-refractivity contribution in [3.8, 4) is 0 Å². The summed E-state index contributed by atoms with van der Waals surface area (Å²) in [4.78, 5) is 16.1. The van der Waals surface area contributed by atoms with Crippen molar-refractivity contribution in [2.24, 2.45) is 0 Å². The molecule has 3 N–H and O–H groups in total. The topological polar surface area (TPSA) is 68.0 Å². The minimum absolute atomic E-state index is 0.291. The van der Waals surface area contributed by atoms with Crippen molar-refractivity contribution in [2.45, 2.75) is 6.92 Å². The number of pyridine rings is 1. The Balaban J connectivity index is 2.24. The Morgan fingerprint density at radius 3 is 2.78 bits per heavy atom. The molecule has 2 aromatic rings. The molecule has 0 saturated heterocycles. The smallest absolute Gasteiger partial charge is 0.258 e. The van der Waals surface area contributed by atoms with Gasteiger partial charge in [0.1, 0.15) is 5.82 Å². The molecule has 0 aliphatic heterocycles. The van der Waals surface area contributed by atoms with Crippen LogP contribution in [0.15, 0.2) is 36.5 Å². The maximum atomic E-state index is 12.0. The summed E-state index contributed by atoms with van der Waals surface area (Å²) in [6, 6.07) is 8.59. The van der Waals surface area contributed by atoms with E-state index >= 15 is 0 Å². The molecule has 0 spiro atoms. The highest BCUT2D eigenvalue weighted by Gasteiger charge is 2.11. The summed E-state index contributed by atoms with van der Waals surface area (Å²) in [7, 11) is 0. The van der Waals surface area contributed by atoms with Crippen molar-refractivity contribution in [3.63, 3.8) is 0 Å². The molecule has 0 unspecified atom stereocenters. The van der Waals surface area contributed by atoms with Gasteiger partial charge in [-0.2, -0.15) is 0 Å². The van der Waals surface area contributed by atoms with E-state index in [0.29, 0.717) is 22.1 Å². The molecule has 0 bridgehead atoms. The Kier molecular flexibility index (Phi) is 3.48. The lowest BCUT2D eigenvalue weighted by Gasteiger charge is -2.08. The Morgan fingerprint density at radius 1 is 1.39 bits per heavy atom. The van der Waals surface area contributed by atoms with E-state index in [-0.39, 0.29) is 5.91 Å². The van der Waals surface area contributed by atoms with Gasteiger partial charge in [-0.3, -0.25) is 4.79 Å². The van der Waals surface area contributed by atoms with Gasteiger partial charge >= 0.3 is 0 Å². The molecule has 0 saturated carbocycles. The van der Waals surface area contributed by atoms with Gasteiger partial charge in [0.05, 0.1) is 22.5 Å². The molecule has 4 nitrogen and oxygen atoms in total. The minimum atomic E-state index is -0.291. The lowest BCUT2D eigenvalue weighted by molar-refractivity contribution is 0.102. The summed E-state index contributed by atoms with van der Waals surface area (Å²) in [5.41, 5.74) is 7.37. The van der Waals surface area contributed by atoms with Crippen molar-refractivity contribution < 1.29 is 4.79 Å². The predicted octanol–water partition coefficient (Wildman–Crippen LogP) is 2.88. The fourth-order valence-electron chi connectivity index (χ4n) is 1.55. The van der Waals surface area contributed by atoms with E-state index in [9.17, 15) is 4.79 Å². The lowest BCUT2D eigenvalue weighted by Crippen LogP contribution is -2.14. The molecule has 0 fully saturated rings. The Bertz CT molecular complexity index is 599. The van der Waals surface area contributed by atoms with Gasteiger partial charge in [-0.15, -0.1) is 0 Å². The molecule has 1 aromatic heterocycles. The first-order valence-electron chi connectivity index (χ1n) is 5.36. The normalized spacial score (nSPS) is 10.1. The van der Waals surface area contributed by atoms with E-state index in [1.54, 1.807) is 30.3 Å². The van der Waals surface area contributed by atoms with Gasteiger partial charge in [-0.1, -0.05) is 23.7 Å². The Morgan fingerprint density at radius 2 is 2.11 bits per heavy atom. The average molecular weight is 262 g/mol. The van der Waals surface area contributed by atoms with Crippen LogP contribution in [0.4, 0.5) is 11.5 Å². The number of amides is 1. The average Bonchev–Trinajstić information content (AvgIpc) is 2.33. The highest BCUT2D eigenvalue weighted by Crippen LogP contribution is 2.18. The van der Waals surface area contributed by atoms with Gasteiger partial charge in [0, 0.05) is 0 Å². The van der Waals surface area contributed by atoms with Gasteiger partial charge in [-0.25, -0.2) is 4.98 Å². The first kappa shape index (κ1) is 12.4. The molecule has 2 rings (SSSR count). The SMILES string of the molecule is Cc1cc(N)cnc1NC(=O)c1ccccc1Cl. The van der Waals surface area contributed by atoms with Gasteiger partial charge in [0.2, 0.25) is 0 Å². The molecule has 92 valence electrons. The molecular formula is C13H12ClN3O. The Labute approximate surface area is 110 Å². The van der Waals surface area contributed by atoms with Gasteiger partial charge < -0.3 is 11.1 Å². The predicted molar refractivity (Wildman–Crippen MR) is 72.8 cm³/mol. The largest absolute Gasteiger partial charge is 0.397 e. The van der Waals surface area contributed by atoms with E-state index in [4.69, 9.17) is 17.3 Å². The summed E-state index contributed by atoms with van der Waals surface area (Å²) in [5.74, 6) is 0.190. The zero-order chi connectivity index (χ0) is 13.1. The summed E-state index contributed by atoms with van der Waals surface area (Å²) in [6.45, 7) is 1.82. The van der Waals surface area contributed by atoms with Crippen LogP contribution >= 0.6 is 11.6 Å². The quantitative estimate of drug-likeness (QED) is 0.873. The Hall–Kier alpha value is -2.07. The van der Waals surface area contributed by atoms with Crippen LogP contribution < -0.4 is 11.1 Å². The van der Waals surface area contributed by atoms with Crippen LogP contribution in [0.25, 0.3) is 0 Å². The lowest BCUT2D eigenvalue weighted by atomic mass is 10.2. The zero-order valence-electron chi connectivity index (χ0n) is 9.77. The summed E-state index contributed by atoms with van der Waals surface area (Å²) in [6.07, 6.45) is 1.50. The number of benzene rings is 1. The van der Waals surface area contributed by atoms with Crippen molar-refractivity contribution in [1.29, 1.82) is 0 Å². The molecule has 0 radical (unpaired) electrons. The number of nitrogen functional groups attached to an aromatic ring is 1. The minimum Gasteiger partial charge on any atom is -0.397 e. The van der Waals surface area contributed by atoms with Crippen LogP contribution in [-0.2, 0) is 0 Å². The molecule has 1 aromatic carbocycles. The number of carbonyl (C=O) groups excluding carboxylic acids is 1. The third-order valence-corrected chi connectivity index (χ3v) is 2.78. The third kappa shape index (κ3) is 2.60. The van der Waals surface area contributed by atoms with E-state index in [0.717, 1.165) is 5.56 Å². The zero-order valence-corrected chi connectivity index (χ0v) is 10.5. The van der Waals surface area contributed by atoms with E-state index in [1.807, 2.05) is 6.92 Å². The fourth-order valence-corrected chi connectivity index (χ4v) is 1.77. The number of hydrogen-bond acceptors (Lipinski definition) is 3. The molecule has 5 heteroatoms. The number of carbonyl (C=O) groups is 1. The van der Waals surface area contributed by atoms with Crippen molar-refractivity contribution in [1.82, 2.24) is 4.98 Å². The first-order chi connectivity index (χ1) is 8.58.